The lowest BCUT2D eigenvalue weighted by molar-refractivity contribution is -0.142. The summed E-state index contributed by atoms with van der Waals surface area (Å²) in [6.07, 6.45) is 0.320. The molecule has 41 heavy (non-hydrogen) atoms. The van der Waals surface area contributed by atoms with Gasteiger partial charge in [-0.2, -0.15) is 4.31 Å². The summed E-state index contributed by atoms with van der Waals surface area (Å²) in [6.45, 7) is 3.40. The molecule has 3 aromatic rings. The standard InChI is InChI=1S/C30H34ClN3O6S/c1-2-32-30(36)28(20-23-6-4-3-5-7-23)34(21-24-8-10-25(31)11-9-24)29(35)22-40-26-12-14-27(15-13-26)41(37,38)33-16-18-39-19-17-33/h3-15,28H,2,16-22H2,1H3,(H,32,36). The number of likely N-dealkylation sites (N-methyl/N-ethyl adjacent to an activating group) is 1. The Labute approximate surface area is 246 Å². The van der Waals surface area contributed by atoms with E-state index in [0.29, 0.717) is 50.0 Å². The van der Waals surface area contributed by atoms with Crippen LogP contribution in [0.5, 0.6) is 5.75 Å². The largest absolute Gasteiger partial charge is 0.484 e. The molecule has 11 heteroatoms. The lowest BCUT2D eigenvalue weighted by Crippen LogP contribution is -2.51. The van der Waals surface area contributed by atoms with E-state index in [-0.39, 0.29) is 24.0 Å². The lowest BCUT2D eigenvalue weighted by Gasteiger charge is -2.31. The molecule has 1 saturated heterocycles. The monoisotopic (exact) mass is 599 g/mol. The third-order valence-corrected chi connectivity index (χ3v) is 8.85. The van der Waals surface area contributed by atoms with Crippen LogP contribution in [-0.2, 0) is 37.3 Å². The van der Waals surface area contributed by atoms with Crippen molar-refractivity contribution in [3.05, 3.63) is 95.0 Å². The predicted octanol–water partition coefficient (Wildman–Crippen LogP) is 3.52. The van der Waals surface area contributed by atoms with Gasteiger partial charge in [-0.05, 0) is 54.4 Å². The van der Waals surface area contributed by atoms with Gasteiger partial charge >= 0.3 is 0 Å². The van der Waals surface area contributed by atoms with Crippen LogP contribution >= 0.6 is 11.6 Å². The molecule has 1 unspecified atom stereocenters. The maximum absolute atomic E-state index is 13.6. The van der Waals surface area contributed by atoms with Crippen LogP contribution in [-0.4, -0.2) is 74.9 Å². The van der Waals surface area contributed by atoms with Crippen molar-refractivity contribution in [1.82, 2.24) is 14.5 Å². The molecule has 1 atom stereocenters. The number of hydrogen-bond acceptors (Lipinski definition) is 6. The number of carbonyl (C=O) groups is 2. The highest BCUT2D eigenvalue weighted by atomic mass is 35.5. The summed E-state index contributed by atoms with van der Waals surface area (Å²) in [4.78, 5) is 28.5. The van der Waals surface area contributed by atoms with Crippen molar-refractivity contribution in [2.75, 3.05) is 39.5 Å². The first-order valence-corrected chi connectivity index (χ1v) is 15.3. The highest BCUT2D eigenvalue weighted by Crippen LogP contribution is 2.22. The zero-order valence-corrected chi connectivity index (χ0v) is 24.4. The molecule has 1 fully saturated rings. The Morgan fingerprint density at radius 3 is 2.27 bits per heavy atom. The molecule has 3 aromatic carbocycles. The fourth-order valence-electron chi connectivity index (χ4n) is 4.50. The van der Waals surface area contributed by atoms with E-state index in [0.717, 1.165) is 11.1 Å². The van der Waals surface area contributed by atoms with Gasteiger partial charge in [-0.1, -0.05) is 54.1 Å². The van der Waals surface area contributed by atoms with E-state index in [2.05, 4.69) is 5.32 Å². The van der Waals surface area contributed by atoms with E-state index in [1.54, 1.807) is 12.1 Å². The van der Waals surface area contributed by atoms with E-state index in [1.165, 1.54) is 33.5 Å². The second kappa shape index (κ2) is 14.5. The molecule has 2 amide bonds. The predicted molar refractivity (Wildman–Crippen MR) is 156 cm³/mol. The number of amides is 2. The van der Waals surface area contributed by atoms with Crippen LogP contribution < -0.4 is 10.1 Å². The number of hydrogen-bond donors (Lipinski definition) is 1. The average molecular weight is 600 g/mol. The second-order valence-corrected chi connectivity index (χ2v) is 11.9. The van der Waals surface area contributed by atoms with Gasteiger partial charge in [0.05, 0.1) is 18.1 Å². The number of nitrogens with one attached hydrogen (secondary N) is 1. The number of sulfonamides is 1. The van der Waals surface area contributed by atoms with Gasteiger partial charge in [0.2, 0.25) is 15.9 Å². The number of ether oxygens (including phenoxy) is 2. The third kappa shape index (κ3) is 8.29. The molecule has 1 N–H and O–H groups in total. The number of benzene rings is 3. The van der Waals surface area contributed by atoms with Crippen LogP contribution in [0.3, 0.4) is 0 Å². The van der Waals surface area contributed by atoms with Gasteiger partial charge in [0, 0.05) is 37.6 Å². The van der Waals surface area contributed by atoms with Gasteiger partial charge in [-0.25, -0.2) is 8.42 Å². The van der Waals surface area contributed by atoms with E-state index >= 15 is 0 Å². The van der Waals surface area contributed by atoms with Gasteiger partial charge in [-0.3, -0.25) is 9.59 Å². The number of carbonyl (C=O) groups excluding carboxylic acids is 2. The van der Waals surface area contributed by atoms with Crippen LogP contribution in [0.1, 0.15) is 18.1 Å². The average Bonchev–Trinajstić information content (AvgIpc) is 3.00. The Bertz CT molecular complexity index is 1400. The summed E-state index contributed by atoms with van der Waals surface area (Å²) in [6, 6.07) is 21.8. The normalized spacial score (nSPS) is 14.7. The molecule has 1 aliphatic heterocycles. The summed E-state index contributed by atoms with van der Waals surface area (Å²) < 4.78 is 38.3. The molecular weight excluding hydrogens is 566 g/mol. The van der Waals surface area contributed by atoms with Crippen molar-refractivity contribution < 1.29 is 27.5 Å². The third-order valence-electron chi connectivity index (χ3n) is 6.68. The Kier molecular flexibility index (Phi) is 10.8. The van der Waals surface area contributed by atoms with Crippen molar-refractivity contribution in [2.24, 2.45) is 0 Å². The van der Waals surface area contributed by atoms with Crippen molar-refractivity contribution in [3.63, 3.8) is 0 Å². The number of rotatable bonds is 12. The van der Waals surface area contributed by atoms with E-state index in [9.17, 15) is 18.0 Å². The summed E-state index contributed by atoms with van der Waals surface area (Å²) in [5.74, 6) is -0.322. The van der Waals surface area contributed by atoms with Crippen molar-refractivity contribution in [2.45, 2.75) is 30.8 Å². The fraction of sp³-hybridized carbons (Fsp3) is 0.333. The minimum absolute atomic E-state index is 0.140. The van der Waals surface area contributed by atoms with E-state index < -0.39 is 22.0 Å². The quantitative estimate of drug-likeness (QED) is 0.342. The highest BCUT2D eigenvalue weighted by Gasteiger charge is 2.31. The van der Waals surface area contributed by atoms with Gasteiger partial charge in [-0.15, -0.1) is 0 Å². The van der Waals surface area contributed by atoms with Crippen molar-refractivity contribution >= 4 is 33.4 Å². The molecule has 0 spiro atoms. The van der Waals surface area contributed by atoms with Gasteiger partial charge < -0.3 is 19.7 Å². The Hall–Kier alpha value is -3.44. The molecule has 9 nitrogen and oxygen atoms in total. The first-order chi connectivity index (χ1) is 19.8. The first kappa shape index (κ1) is 30.5. The Morgan fingerprint density at radius 2 is 1.63 bits per heavy atom. The minimum atomic E-state index is -3.65. The SMILES string of the molecule is CCNC(=O)C(Cc1ccccc1)N(Cc1ccc(Cl)cc1)C(=O)COc1ccc(S(=O)(=O)N2CCOCC2)cc1. The van der Waals surface area contributed by atoms with Crippen LogP contribution in [0.2, 0.25) is 5.02 Å². The summed E-state index contributed by atoms with van der Waals surface area (Å²) in [7, 11) is -3.65. The van der Waals surface area contributed by atoms with Crippen molar-refractivity contribution in [1.29, 1.82) is 0 Å². The molecule has 0 bridgehead atoms. The minimum Gasteiger partial charge on any atom is -0.484 e. The number of morpholine rings is 1. The van der Waals surface area contributed by atoms with Gasteiger partial charge in [0.25, 0.3) is 5.91 Å². The molecule has 0 saturated carbocycles. The molecule has 1 aliphatic rings. The van der Waals surface area contributed by atoms with E-state index in [4.69, 9.17) is 21.1 Å². The lowest BCUT2D eigenvalue weighted by atomic mass is 10.0. The second-order valence-electron chi connectivity index (χ2n) is 9.52. The maximum atomic E-state index is 13.6. The van der Waals surface area contributed by atoms with Crippen LogP contribution in [0.25, 0.3) is 0 Å². The van der Waals surface area contributed by atoms with Gasteiger partial charge in [0.15, 0.2) is 6.61 Å². The molecule has 0 aromatic heterocycles. The first-order valence-electron chi connectivity index (χ1n) is 13.4. The number of halogens is 1. The summed E-state index contributed by atoms with van der Waals surface area (Å²) in [5, 5.41) is 3.42. The molecular formula is C30H34ClN3O6S. The molecule has 1 heterocycles. The summed E-state index contributed by atoms with van der Waals surface area (Å²) >= 11 is 6.06. The fourth-order valence-corrected chi connectivity index (χ4v) is 6.04. The Morgan fingerprint density at radius 1 is 0.976 bits per heavy atom. The molecule has 4 rings (SSSR count). The Balaban J connectivity index is 1.52. The van der Waals surface area contributed by atoms with Crippen LogP contribution in [0, 0.1) is 0 Å². The highest BCUT2D eigenvalue weighted by molar-refractivity contribution is 7.89. The maximum Gasteiger partial charge on any atom is 0.261 e. The van der Waals surface area contributed by atoms with Gasteiger partial charge in [0.1, 0.15) is 11.8 Å². The molecule has 0 radical (unpaired) electrons. The zero-order valence-electron chi connectivity index (χ0n) is 22.9. The topological polar surface area (TPSA) is 105 Å². The van der Waals surface area contributed by atoms with Crippen molar-refractivity contribution in [3.8, 4) is 5.75 Å². The molecule has 218 valence electrons. The number of nitrogens with zero attached hydrogens (tertiary/aromatic N) is 2. The summed E-state index contributed by atoms with van der Waals surface area (Å²) in [5.41, 5.74) is 1.72. The molecule has 0 aliphatic carbocycles. The zero-order chi connectivity index (χ0) is 29.2. The van der Waals surface area contributed by atoms with Crippen LogP contribution in [0.4, 0.5) is 0 Å². The van der Waals surface area contributed by atoms with Crippen LogP contribution in [0.15, 0.2) is 83.8 Å². The smallest absolute Gasteiger partial charge is 0.261 e. The van der Waals surface area contributed by atoms with E-state index in [1.807, 2.05) is 49.4 Å².